The quantitative estimate of drug-likeness (QED) is 0.763. The molecule has 0 heterocycles. The van der Waals surface area contributed by atoms with Crippen molar-refractivity contribution < 1.29 is 14.3 Å². The predicted molar refractivity (Wildman–Crippen MR) is 72.3 cm³/mol. The van der Waals surface area contributed by atoms with E-state index in [-0.39, 0.29) is 5.82 Å². The molecular weight excluding hydrogens is 247 g/mol. The highest BCUT2D eigenvalue weighted by molar-refractivity contribution is 5.81. The molecule has 1 rings (SSSR count). The molecule has 0 saturated carbocycles. The summed E-state index contributed by atoms with van der Waals surface area (Å²) in [5.74, 6) is -0.799. The van der Waals surface area contributed by atoms with E-state index in [0.29, 0.717) is 17.7 Å². The number of amides is 1. The van der Waals surface area contributed by atoms with Gasteiger partial charge in [-0.3, -0.25) is 4.79 Å². The largest absolute Gasteiger partial charge is 0.378 e. The summed E-state index contributed by atoms with van der Waals surface area (Å²) in [5.41, 5.74) is 0.820. The highest BCUT2D eigenvalue weighted by atomic mass is 19.1. The normalized spacial score (nSPS) is 12.5. The molecule has 0 fully saturated rings. The van der Waals surface area contributed by atoms with Gasteiger partial charge < -0.3 is 15.3 Å². The number of aryl methyl sites for hydroxylation is 1. The third-order valence-corrected chi connectivity index (χ3v) is 2.83. The summed E-state index contributed by atoms with van der Waals surface area (Å²) < 4.78 is 13.1. The number of hydrogen-bond donors (Lipinski definition) is 2. The minimum atomic E-state index is -1.25. The van der Waals surface area contributed by atoms with Crippen LogP contribution in [0.25, 0.3) is 0 Å². The maximum atomic E-state index is 13.1. The van der Waals surface area contributed by atoms with Crippen LogP contribution in [0.4, 0.5) is 4.39 Å². The van der Waals surface area contributed by atoms with Gasteiger partial charge in [-0.05, 0) is 51.2 Å². The summed E-state index contributed by atoms with van der Waals surface area (Å²) in [6.45, 7) is 2.97. The van der Waals surface area contributed by atoms with E-state index in [9.17, 15) is 14.3 Å². The number of carbonyl (C=O) groups excluding carboxylic acids is 1. The fourth-order valence-electron chi connectivity index (χ4n) is 1.69. The molecule has 0 radical (unpaired) electrons. The van der Waals surface area contributed by atoms with Gasteiger partial charge in [0.25, 0.3) is 5.91 Å². The van der Waals surface area contributed by atoms with Crippen molar-refractivity contribution in [2.45, 2.75) is 19.4 Å². The molecule has 0 aliphatic carbocycles. The van der Waals surface area contributed by atoms with Crippen LogP contribution in [0.15, 0.2) is 18.2 Å². The van der Waals surface area contributed by atoms with Crippen molar-refractivity contribution in [2.24, 2.45) is 0 Å². The van der Waals surface area contributed by atoms with Crippen LogP contribution in [0.1, 0.15) is 23.7 Å². The van der Waals surface area contributed by atoms with Crippen molar-refractivity contribution >= 4 is 5.91 Å². The third kappa shape index (κ3) is 4.96. The Labute approximate surface area is 113 Å². The van der Waals surface area contributed by atoms with Crippen molar-refractivity contribution in [3.05, 3.63) is 35.1 Å². The Hall–Kier alpha value is -1.46. The number of rotatable bonds is 6. The van der Waals surface area contributed by atoms with Gasteiger partial charge in [-0.25, -0.2) is 4.39 Å². The van der Waals surface area contributed by atoms with Gasteiger partial charge in [0, 0.05) is 6.54 Å². The van der Waals surface area contributed by atoms with Gasteiger partial charge in [-0.15, -0.1) is 0 Å². The number of nitrogens with zero attached hydrogens (tertiary/aromatic N) is 1. The van der Waals surface area contributed by atoms with E-state index in [1.54, 1.807) is 6.92 Å². The fourth-order valence-corrected chi connectivity index (χ4v) is 1.69. The number of aliphatic hydroxyl groups is 1. The molecule has 1 atom stereocenters. The van der Waals surface area contributed by atoms with Crippen LogP contribution >= 0.6 is 0 Å². The van der Waals surface area contributed by atoms with Gasteiger partial charge in [0.2, 0.25) is 0 Å². The van der Waals surface area contributed by atoms with Crippen LogP contribution in [-0.2, 0) is 4.79 Å². The maximum Gasteiger partial charge on any atom is 0.253 e. The van der Waals surface area contributed by atoms with Gasteiger partial charge in [0.05, 0.1) is 0 Å². The van der Waals surface area contributed by atoms with E-state index < -0.39 is 12.0 Å². The average Bonchev–Trinajstić information content (AvgIpc) is 2.36. The van der Waals surface area contributed by atoms with Crippen molar-refractivity contribution in [2.75, 3.05) is 27.2 Å². The first-order valence-electron chi connectivity index (χ1n) is 6.28. The lowest BCUT2D eigenvalue weighted by Gasteiger charge is -2.13. The van der Waals surface area contributed by atoms with Crippen LogP contribution < -0.4 is 5.32 Å². The lowest BCUT2D eigenvalue weighted by Crippen LogP contribution is -2.31. The molecule has 1 amide bonds. The number of hydrogen-bond acceptors (Lipinski definition) is 3. The summed E-state index contributed by atoms with van der Waals surface area (Å²) in [6, 6.07) is 4.17. The lowest BCUT2D eigenvalue weighted by molar-refractivity contribution is -0.129. The summed E-state index contributed by atoms with van der Waals surface area (Å²) in [5, 5.41) is 12.5. The summed E-state index contributed by atoms with van der Waals surface area (Å²) in [7, 11) is 3.91. The Balaban J connectivity index is 2.49. The Morgan fingerprint density at radius 3 is 2.74 bits per heavy atom. The first-order chi connectivity index (χ1) is 8.91. The van der Waals surface area contributed by atoms with Crippen LogP contribution in [0.2, 0.25) is 0 Å². The molecule has 2 N–H and O–H groups in total. The molecule has 0 bridgehead atoms. The lowest BCUT2D eigenvalue weighted by atomic mass is 10.1. The van der Waals surface area contributed by atoms with Gasteiger partial charge in [-0.2, -0.15) is 0 Å². The molecular formula is C14H21FN2O2. The smallest absolute Gasteiger partial charge is 0.253 e. The van der Waals surface area contributed by atoms with E-state index in [1.807, 2.05) is 19.0 Å². The topological polar surface area (TPSA) is 52.6 Å². The molecule has 19 heavy (non-hydrogen) atoms. The second-order valence-corrected chi connectivity index (χ2v) is 4.86. The van der Waals surface area contributed by atoms with E-state index in [4.69, 9.17) is 0 Å². The number of carbonyl (C=O) groups is 1. The Bertz CT molecular complexity index is 435. The Morgan fingerprint density at radius 1 is 1.47 bits per heavy atom. The number of aliphatic hydroxyl groups excluding tert-OH is 1. The van der Waals surface area contributed by atoms with Crippen LogP contribution in [0.5, 0.6) is 0 Å². The van der Waals surface area contributed by atoms with E-state index >= 15 is 0 Å². The van der Waals surface area contributed by atoms with Gasteiger partial charge in [0.1, 0.15) is 5.82 Å². The second kappa shape index (κ2) is 7.21. The van der Waals surface area contributed by atoms with Crippen LogP contribution in [-0.4, -0.2) is 43.1 Å². The predicted octanol–water partition coefficient (Wildman–Crippen LogP) is 1.24. The van der Waals surface area contributed by atoms with Crippen LogP contribution in [0, 0.1) is 12.7 Å². The molecule has 1 unspecified atom stereocenters. The first-order valence-corrected chi connectivity index (χ1v) is 6.28. The van der Waals surface area contributed by atoms with Crippen molar-refractivity contribution in [3.63, 3.8) is 0 Å². The second-order valence-electron chi connectivity index (χ2n) is 4.86. The molecule has 0 aromatic heterocycles. The minimum absolute atomic E-state index is 0.345. The van der Waals surface area contributed by atoms with E-state index in [2.05, 4.69) is 5.32 Å². The number of halogens is 1. The summed E-state index contributed by atoms with van der Waals surface area (Å²) in [6.07, 6.45) is -0.438. The number of nitrogens with one attached hydrogen (secondary N) is 1. The molecule has 106 valence electrons. The molecule has 0 aliphatic rings. The fraction of sp³-hybridized carbons (Fsp3) is 0.500. The highest BCUT2D eigenvalue weighted by Crippen LogP contribution is 2.16. The first kappa shape index (κ1) is 15.6. The highest BCUT2D eigenvalue weighted by Gasteiger charge is 2.17. The standard InChI is InChI=1S/C14H21FN2O2/c1-10-9-11(5-6-12(10)15)13(18)14(19)16-7-4-8-17(2)3/h5-6,9,13,18H,4,7-8H2,1-3H3,(H,16,19). The van der Waals surface area contributed by atoms with Crippen molar-refractivity contribution in [1.29, 1.82) is 0 Å². The zero-order valence-corrected chi connectivity index (χ0v) is 11.6. The van der Waals surface area contributed by atoms with Crippen LogP contribution in [0.3, 0.4) is 0 Å². The van der Waals surface area contributed by atoms with Gasteiger partial charge >= 0.3 is 0 Å². The Morgan fingerprint density at radius 2 is 2.16 bits per heavy atom. The minimum Gasteiger partial charge on any atom is -0.378 e. The number of benzene rings is 1. The summed E-state index contributed by atoms with van der Waals surface area (Å²) >= 11 is 0. The Kier molecular flexibility index (Phi) is 5.92. The maximum absolute atomic E-state index is 13.1. The molecule has 0 saturated heterocycles. The van der Waals surface area contributed by atoms with Crippen molar-refractivity contribution in [1.82, 2.24) is 10.2 Å². The SMILES string of the molecule is Cc1cc(C(O)C(=O)NCCCN(C)C)ccc1F. The molecule has 5 heteroatoms. The summed E-state index contributed by atoms with van der Waals surface area (Å²) in [4.78, 5) is 13.7. The third-order valence-electron chi connectivity index (χ3n) is 2.83. The monoisotopic (exact) mass is 268 g/mol. The zero-order valence-electron chi connectivity index (χ0n) is 11.6. The molecule has 1 aromatic carbocycles. The van der Waals surface area contributed by atoms with Gasteiger partial charge in [0.15, 0.2) is 6.10 Å². The zero-order chi connectivity index (χ0) is 14.4. The van der Waals surface area contributed by atoms with E-state index in [1.165, 1.54) is 18.2 Å². The van der Waals surface area contributed by atoms with E-state index in [0.717, 1.165) is 13.0 Å². The molecule has 0 aliphatic heterocycles. The van der Waals surface area contributed by atoms with Gasteiger partial charge in [-0.1, -0.05) is 12.1 Å². The molecule has 4 nitrogen and oxygen atoms in total. The molecule has 0 spiro atoms. The average molecular weight is 268 g/mol. The van der Waals surface area contributed by atoms with Crippen molar-refractivity contribution in [3.8, 4) is 0 Å². The molecule has 1 aromatic rings.